The molecule has 2 amide bonds. The Balaban J connectivity index is 1.68. The van der Waals surface area contributed by atoms with Crippen molar-refractivity contribution in [1.29, 1.82) is 0 Å². The quantitative estimate of drug-likeness (QED) is 0.752. The third-order valence-electron chi connectivity index (χ3n) is 4.47. The van der Waals surface area contributed by atoms with Gasteiger partial charge in [-0.1, -0.05) is 36.4 Å². The molecule has 0 aromatic heterocycles. The van der Waals surface area contributed by atoms with E-state index in [1.165, 1.54) is 0 Å². The van der Waals surface area contributed by atoms with Gasteiger partial charge in [-0.2, -0.15) is 0 Å². The van der Waals surface area contributed by atoms with Gasteiger partial charge in [-0.25, -0.2) is 0 Å². The molecule has 0 unspecified atom stereocenters. The second kappa shape index (κ2) is 8.68. The highest BCUT2D eigenvalue weighted by Gasteiger charge is 2.31. The van der Waals surface area contributed by atoms with Gasteiger partial charge in [0, 0.05) is 17.8 Å². The number of rotatable bonds is 8. The Morgan fingerprint density at radius 3 is 2.56 bits per heavy atom. The van der Waals surface area contributed by atoms with Crippen molar-refractivity contribution >= 4 is 17.5 Å². The van der Waals surface area contributed by atoms with Gasteiger partial charge in [0.25, 0.3) is 0 Å². The highest BCUT2D eigenvalue weighted by molar-refractivity contribution is 5.93. The molecule has 27 heavy (non-hydrogen) atoms. The van der Waals surface area contributed by atoms with Crippen molar-refractivity contribution in [2.45, 2.75) is 24.9 Å². The summed E-state index contributed by atoms with van der Waals surface area (Å²) < 4.78 is 5.17. The summed E-state index contributed by atoms with van der Waals surface area (Å²) in [6.07, 6.45) is 2.04. The predicted molar refractivity (Wildman–Crippen MR) is 105 cm³/mol. The van der Waals surface area contributed by atoms with E-state index in [2.05, 4.69) is 10.6 Å². The molecule has 0 heterocycles. The molecule has 0 saturated heterocycles. The number of methoxy groups -OCH3 is 1. The van der Waals surface area contributed by atoms with Crippen LogP contribution in [0.4, 0.5) is 5.69 Å². The van der Waals surface area contributed by atoms with Crippen LogP contribution in [-0.4, -0.2) is 43.5 Å². The number of nitrogens with zero attached hydrogens (tertiary/aromatic N) is 1. The second-order valence-corrected chi connectivity index (χ2v) is 6.79. The van der Waals surface area contributed by atoms with Gasteiger partial charge in [-0.3, -0.25) is 14.5 Å². The topological polar surface area (TPSA) is 70.7 Å². The van der Waals surface area contributed by atoms with Crippen molar-refractivity contribution in [3.8, 4) is 5.75 Å². The molecular formula is C21H25N3O3. The van der Waals surface area contributed by atoms with E-state index in [4.69, 9.17) is 4.74 Å². The third kappa shape index (κ3) is 5.31. The van der Waals surface area contributed by atoms with Crippen molar-refractivity contribution in [1.82, 2.24) is 10.2 Å². The summed E-state index contributed by atoms with van der Waals surface area (Å²) in [5.41, 5.74) is 1.53. The van der Waals surface area contributed by atoms with Crippen molar-refractivity contribution in [2.24, 2.45) is 0 Å². The number of hydrogen-bond acceptors (Lipinski definition) is 4. The van der Waals surface area contributed by atoms with Gasteiger partial charge in [0.05, 0.1) is 13.7 Å². The molecular weight excluding hydrogens is 342 g/mol. The summed E-state index contributed by atoms with van der Waals surface area (Å²) in [6.45, 7) is 0.0921. The first kappa shape index (κ1) is 18.9. The monoisotopic (exact) mass is 367 g/mol. The lowest BCUT2D eigenvalue weighted by molar-refractivity contribution is -0.127. The van der Waals surface area contributed by atoms with Gasteiger partial charge in [0.2, 0.25) is 11.8 Å². The minimum Gasteiger partial charge on any atom is -0.497 e. The van der Waals surface area contributed by atoms with Crippen LogP contribution < -0.4 is 15.4 Å². The molecule has 3 rings (SSSR count). The molecule has 0 radical (unpaired) electrons. The first-order valence-corrected chi connectivity index (χ1v) is 9.06. The van der Waals surface area contributed by atoms with E-state index >= 15 is 0 Å². The number of amides is 2. The van der Waals surface area contributed by atoms with Crippen LogP contribution in [-0.2, 0) is 9.59 Å². The summed E-state index contributed by atoms with van der Waals surface area (Å²) >= 11 is 0. The van der Waals surface area contributed by atoms with Crippen LogP contribution in [0.2, 0.25) is 0 Å². The fourth-order valence-electron chi connectivity index (χ4n) is 2.97. The summed E-state index contributed by atoms with van der Waals surface area (Å²) in [7, 11) is 3.37. The predicted octanol–water partition coefficient (Wildman–Crippen LogP) is 2.59. The average Bonchev–Trinajstić information content (AvgIpc) is 3.46. The first-order chi connectivity index (χ1) is 13.1. The van der Waals surface area contributed by atoms with E-state index in [0.717, 1.165) is 18.4 Å². The Kier molecular flexibility index (Phi) is 6.08. The maximum absolute atomic E-state index is 12.8. The zero-order valence-electron chi connectivity index (χ0n) is 15.6. The highest BCUT2D eigenvalue weighted by Crippen LogP contribution is 2.24. The molecule has 2 aromatic rings. The first-order valence-electron chi connectivity index (χ1n) is 9.06. The zero-order valence-corrected chi connectivity index (χ0v) is 15.6. The largest absolute Gasteiger partial charge is 0.497 e. The number of carbonyl (C=O) groups is 2. The second-order valence-electron chi connectivity index (χ2n) is 6.79. The maximum Gasteiger partial charge on any atom is 0.242 e. The van der Waals surface area contributed by atoms with Crippen LogP contribution >= 0.6 is 0 Å². The Hall–Kier alpha value is -2.86. The van der Waals surface area contributed by atoms with Crippen LogP contribution in [0.3, 0.4) is 0 Å². The molecule has 0 spiro atoms. The van der Waals surface area contributed by atoms with Crippen molar-refractivity contribution < 1.29 is 14.3 Å². The lowest BCUT2D eigenvalue weighted by Crippen LogP contribution is -2.42. The van der Waals surface area contributed by atoms with Crippen LogP contribution in [0.15, 0.2) is 54.6 Å². The Labute approximate surface area is 159 Å². The van der Waals surface area contributed by atoms with Gasteiger partial charge >= 0.3 is 0 Å². The van der Waals surface area contributed by atoms with Crippen LogP contribution in [0.5, 0.6) is 5.75 Å². The highest BCUT2D eigenvalue weighted by atomic mass is 16.5. The van der Waals surface area contributed by atoms with E-state index in [9.17, 15) is 9.59 Å². The summed E-state index contributed by atoms with van der Waals surface area (Å²) in [4.78, 5) is 27.0. The Morgan fingerprint density at radius 2 is 1.89 bits per heavy atom. The minimum absolute atomic E-state index is 0.0691. The minimum atomic E-state index is -0.511. The fraction of sp³-hybridized carbons (Fsp3) is 0.333. The molecule has 2 aromatic carbocycles. The summed E-state index contributed by atoms with van der Waals surface area (Å²) in [5.74, 6) is 0.415. The summed E-state index contributed by atoms with van der Waals surface area (Å²) in [5, 5.41) is 5.90. The smallest absolute Gasteiger partial charge is 0.242 e. The molecule has 1 saturated carbocycles. The van der Waals surface area contributed by atoms with Crippen molar-refractivity contribution in [2.75, 3.05) is 26.0 Å². The molecule has 142 valence electrons. The third-order valence-corrected chi connectivity index (χ3v) is 4.47. The van der Waals surface area contributed by atoms with Gasteiger partial charge in [-0.05, 0) is 37.6 Å². The Bertz CT molecular complexity index is 790. The number of likely N-dealkylation sites (N-methyl/N-ethyl adjacent to an activating group) is 1. The number of ether oxygens (including phenoxy) is 1. The standard InChI is InChI=1S/C21H25N3O3/c1-24(14-19(25)22-17-9-6-10-18(13-17)27-2)20(15-7-4-3-5-8-15)21(26)23-16-11-12-16/h3-10,13,16,20H,11-12,14H2,1-2H3,(H,22,25)(H,23,26)/t20-/m1/s1. The van der Waals surface area contributed by atoms with Crippen molar-refractivity contribution in [3.05, 3.63) is 60.2 Å². The number of benzene rings is 2. The van der Waals surface area contributed by atoms with E-state index < -0.39 is 6.04 Å². The number of carbonyl (C=O) groups excluding carboxylic acids is 2. The molecule has 1 aliphatic rings. The summed E-state index contributed by atoms with van der Waals surface area (Å²) in [6, 6.07) is 16.5. The molecule has 0 aliphatic heterocycles. The molecule has 6 nitrogen and oxygen atoms in total. The van der Waals surface area contributed by atoms with Crippen molar-refractivity contribution in [3.63, 3.8) is 0 Å². The molecule has 1 fully saturated rings. The number of anilines is 1. The van der Waals surface area contributed by atoms with Gasteiger partial charge in [0.1, 0.15) is 11.8 Å². The van der Waals surface area contributed by atoms with Gasteiger partial charge in [0.15, 0.2) is 0 Å². The van der Waals surface area contributed by atoms with Crippen LogP contribution in [0, 0.1) is 0 Å². The molecule has 0 bridgehead atoms. The zero-order chi connectivity index (χ0) is 19.2. The molecule has 1 atom stereocenters. The lowest BCUT2D eigenvalue weighted by Gasteiger charge is -2.27. The SMILES string of the molecule is COc1cccc(NC(=O)CN(C)[C@@H](C(=O)NC2CC2)c2ccccc2)c1. The van der Waals surface area contributed by atoms with E-state index in [1.54, 1.807) is 31.2 Å². The van der Waals surface area contributed by atoms with Gasteiger partial charge in [-0.15, -0.1) is 0 Å². The van der Waals surface area contributed by atoms with Crippen LogP contribution in [0.25, 0.3) is 0 Å². The van der Waals surface area contributed by atoms with Gasteiger partial charge < -0.3 is 15.4 Å². The normalized spacial score (nSPS) is 14.5. The molecule has 2 N–H and O–H groups in total. The molecule has 6 heteroatoms. The van der Waals surface area contributed by atoms with E-state index in [-0.39, 0.29) is 24.4 Å². The van der Waals surface area contributed by atoms with Crippen LogP contribution in [0.1, 0.15) is 24.4 Å². The van der Waals surface area contributed by atoms with E-state index in [0.29, 0.717) is 11.4 Å². The number of hydrogen-bond donors (Lipinski definition) is 2. The average molecular weight is 367 g/mol. The molecule has 1 aliphatic carbocycles. The fourth-order valence-corrected chi connectivity index (χ4v) is 2.97. The lowest BCUT2D eigenvalue weighted by atomic mass is 10.0. The van der Waals surface area contributed by atoms with E-state index in [1.807, 2.05) is 42.5 Å². The number of nitrogens with one attached hydrogen (secondary N) is 2. The Morgan fingerprint density at radius 1 is 1.15 bits per heavy atom. The maximum atomic E-state index is 12.8.